The molecule has 0 saturated carbocycles. The van der Waals surface area contributed by atoms with Crippen molar-refractivity contribution in [1.29, 1.82) is 5.26 Å². The van der Waals surface area contributed by atoms with Gasteiger partial charge in [-0.3, -0.25) is 10.1 Å². The summed E-state index contributed by atoms with van der Waals surface area (Å²) in [6.45, 7) is 0.0884. The summed E-state index contributed by atoms with van der Waals surface area (Å²) in [5, 5.41) is 19.3. The Kier molecular flexibility index (Phi) is 3.17. The highest BCUT2D eigenvalue weighted by atomic mass is 79.9. The van der Waals surface area contributed by atoms with Crippen molar-refractivity contribution in [1.82, 2.24) is 0 Å². The summed E-state index contributed by atoms with van der Waals surface area (Å²) >= 11 is 3.18. The van der Waals surface area contributed by atoms with Gasteiger partial charge in [-0.1, -0.05) is 15.9 Å². The number of nitrogens with zero attached hydrogens (tertiary/aromatic N) is 2. The number of nitro groups is 1. The van der Waals surface area contributed by atoms with Gasteiger partial charge in [-0.15, -0.1) is 0 Å². The SMILES string of the molecule is N#Cc1c([N+](=O)[O-])ccc(Br)c1CN. The van der Waals surface area contributed by atoms with Crippen LogP contribution in [0.3, 0.4) is 0 Å². The van der Waals surface area contributed by atoms with E-state index >= 15 is 0 Å². The first-order valence-corrected chi connectivity index (χ1v) is 4.47. The fourth-order valence-electron chi connectivity index (χ4n) is 1.09. The molecule has 1 aromatic carbocycles. The Morgan fingerprint density at radius 1 is 1.64 bits per heavy atom. The number of halogens is 1. The van der Waals surface area contributed by atoms with Crippen molar-refractivity contribution in [2.24, 2.45) is 5.73 Å². The van der Waals surface area contributed by atoms with E-state index in [-0.39, 0.29) is 17.8 Å². The van der Waals surface area contributed by atoms with Gasteiger partial charge >= 0.3 is 0 Å². The summed E-state index contributed by atoms with van der Waals surface area (Å²) in [6, 6.07) is 4.58. The zero-order chi connectivity index (χ0) is 10.7. The summed E-state index contributed by atoms with van der Waals surface area (Å²) < 4.78 is 0.613. The number of nitro benzene ring substituents is 1. The van der Waals surface area contributed by atoms with Crippen LogP contribution in [-0.4, -0.2) is 4.92 Å². The smallest absolute Gasteiger partial charge is 0.287 e. The molecule has 0 heterocycles. The molecule has 0 amide bonds. The zero-order valence-corrected chi connectivity index (χ0v) is 8.61. The van der Waals surface area contributed by atoms with Gasteiger partial charge in [-0.05, 0) is 6.07 Å². The third-order valence-electron chi connectivity index (χ3n) is 1.75. The van der Waals surface area contributed by atoms with E-state index in [4.69, 9.17) is 11.0 Å². The Balaban J connectivity index is 3.50. The molecule has 2 N–H and O–H groups in total. The van der Waals surface area contributed by atoms with Crippen LogP contribution < -0.4 is 5.73 Å². The van der Waals surface area contributed by atoms with E-state index in [0.717, 1.165) is 0 Å². The third-order valence-corrected chi connectivity index (χ3v) is 2.49. The molecule has 6 heteroatoms. The molecular formula is C8H6BrN3O2. The second kappa shape index (κ2) is 4.17. The topological polar surface area (TPSA) is 92.9 Å². The average molecular weight is 256 g/mol. The van der Waals surface area contributed by atoms with Crippen LogP contribution >= 0.6 is 15.9 Å². The van der Waals surface area contributed by atoms with Crippen LogP contribution in [0.15, 0.2) is 16.6 Å². The average Bonchev–Trinajstić information content (AvgIpc) is 2.16. The van der Waals surface area contributed by atoms with E-state index in [0.29, 0.717) is 10.0 Å². The van der Waals surface area contributed by atoms with Gasteiger partial charge in [0.05, 0.1) is 4.92 Å². The predicted molar refractivity (Wildman–Crippen MR) is 53.4 cm³/mol. The molecule has 1 rings (SSSR count). The lowest BCUT2D eigenvalue weighted by molar-refractivity contribution is -0.385. The Morgan fingerprint density at radius 3 is 2.71 bits per heavy atom. The lowest BCUT2D eigenvalue weighted by Gasteiger charge is -2.03. The van der Waals surface area contributed by atoms with E-state index < -0.39 is 4.92 Å². The first-order chi connectivity index (χ1) is 6.61. The molecule has 5 nitrogen and oxygen atoms in total. The van der Waals surface area contributed by atoms with Crippen LogP contribution in [0, 0.1) is 21.4 Å². The van der Waals surface area contributed by atoms with Gasteiger partial charge in [0.2, 0.25) is 0 Å². The van der Waals surface area contributed by atoms with Crippen molar-refractivity contribution in [2.45, 2.75) is 6.54 Å². The minimum absolute atomic E-state index is 0.0203. The predicted octanol–water partition coefficient (Wildman–Crippen LogP) is 1.69. The van der Waals surface area contributed by atoms with Gasteiger partial charge in [-0.2, -0.15) is 5.26 Å². The van der Waals surface area contributed by atoms with Crippen molar-refractivity contribution in [3.05, 3.63) is 37.8 Å². The van der Waals surface area contributed by atoms with Crippen LogP contribution in [0.5, 0.6) is 0 Å². The van der Waals surface area contributed by atoms with Crippen LogP contribution in [0.2, 0.25) is 0 Å². The molecule has 1 aromatic rings. The number of nitriles is 1. The molecule has 0 aliphatic heterocycles. The summed E-state index contributed by atoms with van der Waals surface area (Å²) in [4.78, 5) is 9.97. The van der Waals surface area contributed by atoms with E-state index in [9.17, 15) is 10.1 Å². The normalized spacial score (nSPS) is 9.50. The number of rotatable bonds is 2. The van der Waals surface area contributed by atoms with Crippen LogP contribution in [0.4, 0.5) is 5.69 Å². The second-order valence-corrected chi connectivity index (χ2v) is 3.35. The maximum absolute atomic E-state index is 10.6. The molecule has 0 unspecified atom stereocenters. The third kappa shape index (κ3) is 1.73. The molecule has 0 radical (unpaired) electrons. The minimum atomic E-state index is -0.593. The zero-order valence-electron chi connectivity index (χ0n) is 7.03. The van der Waals surface area contributed by atoms with Crippen LogP contribution in [0.25, 0.3) is 0 Å². The van der Waals surface area contributed by atoms with Crippen LogP contribution in [-0.2, 0) is 6.54 Å². The molecule has 0 spiro atoms. The molecule has 0 aromatic heterocycles. The van der Waals surface area contributed by atoms with E-state index in [1.165, 1.54) is 12.1 Å². The molecule has 0 saturated heterocycles. The van der Waals surface area contributed by atoms with Gasteiger partial charge in [0, 0.05) is 22.6 Å². The fourth-order valence-corrected chi connectivity index (χ4v) is 1.58. The van der Waals surface area contributed by atoms with Crippen molar-refractivity contribution in [3.63, 3.8) is 0 Å². The number of hydrogen-bond donors (Lipinski definition) is 1. The van der Waals surface area contributed by atoms with Crippen molar-refractivity contribution < 1.29 is 4.92 Å². The van der Waals surface area contributed by atoms with Crippen molar-refractivity contribution >= 4 is 21.6 Å². The summed E-state index contributed by atoms with van der Waals surface area (Å²) in [5.74, 6) is 0. The Hall–Kier alpha value is -1.45. The minimum Gasteiger partial charge on any atom is -0.326 e. The number of benzene rings is 1. The maximum Gasteiger partial charge on any atom is 0.287 e. The molecule has 72 valence electrons. The van der Waals surface area contributed by atoms with Gasteiger partial charge in [0.25, 0.3) is 5.69 Å². The maximum atomic E-state index is 10.6. The number of hydrogen-bond acceptors (Lipinski definition) is 4. The highest BCUT2D eigenvalue weighted by Gasteiger charge is 2.18. The molecule has 0 aliphatic carbocycles. The number of nitrogens with two attached hydrogens (primary N) is 1. The molecule has 0 fully saturated rings. The first kappa shape index (κ1) is 10.6. The van der Waals surface area contributed by atoms with E-state index in [1.54, 1.807) is 6.07 Å². The van der Waals surface area contributed by atoms with Gasteiger partial charge in [0.15, 0.2) is 0 Å². The standard InChI is InChI=1S/C8H6BrN3O2/c9-7-1-2-8(12(13)14)6(4-11)5(7)3-10/h1-2H,3,10H2. The Labute approximate surface area is 88.4 Å². The Morgan fingerprint density at radius 2 is 2.29 bits per heavy atom. The largest absolute Gasteiger partial charge is 0.326 e. The Bertz CT molecular complexity index is 425. The molecule has 0 bridgehead atoms. The van der Waals surface area contributed by atoms with E-state index in [2.05, 4.69) is 15.9 Å². The second-order valence-electron chi connectivity index (χ2n) is 2.49. The summed E-state index contributed by atoms with van der Waals surface area (Å²) in [5.41, 5.74) is 5.66. The highest BCUT2D eigenvalue weighted by molar-refractivity contribution is 9.10. The monoisotopic (exact) mass is 255 g/mol. The van der Waals surface area contributed by atoms with E-state index in [1.807, 2.05) is 0 Å². The molecular weight excluding hydrogens is 250 g/mol. The summed E-state index contributed by atoms with van der Waals surface area (Å²) in [7, 11) is 0. The van der Waals surface area contributed by atoms with Gasteiger partial charge < -0.3 is 5.73 Å². The quantitative estimate of drug-likeness (QED) is 0.643. The summed E-state index contributed by atoms with van der Waals surface area (Å²) in [6.07, 6.45) is 0. The first-order valence-electron chi connectivity index (χ1n) is 3.67. The molecule has 0 atom stereocenters. The van der Waals surface area contributed by atoms with Crippen LogP contribution in [0.1, 0.15) is 11.1 Å². The lowest BCUT2D eigenvalue weighted by atomic mass is 10.1. The van der Waals surface area contributed by atoms with Crippen molar-refractivity contribution in [3.8, 4) is 6.07 Å². The molecule has 0 aliphatic rings. The highest BCUT2D eigenvalue weighted by Crippen LogP contribution is 2.27. The fraction of sp³-hybridized carbons (Fsp3) is 0.125. The molecule has 14 heavy (non-hydrogen) atoms. The van der Waals surface area contributed by atoms with Crippen molar-refractivity contribution in [2.75, 3.05) is 0 Å². The van der Waals surface area contributed by atoms with Gasteiger partial charge in [-0.25, -0.2) is 0 Å². The van der Waals surface area contributed by atoms with Gasteiger partial charge in [0.1, 0.15) is 11.6 Å². The lowest BCUT2D eigenvalue weighted by Crippen LogP contribution is -2.03.